The normalized spacial score (nSPS) is 11.2. The molecule has 256 valence electrons. The van der Waals surface area contributed by atoms with Gasteiger partial charge in [-0.15, -0.1) is 0 Å². The van der Waals surface area contributed by atoms with Crippen molar-refractivity contribution in [2.45, 2.75) is 206 Å². The van der Waals surface area contributed by atoms with Gasteiger partial charge >= 0.3 is 0 Å². The van der Waals surface area contributed by atoms with E-state index >= 15 is 0 Å². The lowest BCUT2D eigenvalue weighted by molar-refractivity contribution is -0.120. The van der Waals surface area contributed by atoms with E-state index in [1.807, 2.05) is 0 Å². The first-order chi connectivity index (χ1) is 21.2. The molecule has 0 atom stereocenters. The van der Waals surface area contributed by atoms with E-state index in [-0.39, 0.29) is 11.8 Å². The summed E-state index contributed by atoms with van der Waals surface area (Å²) in [7, 11) is 7.36. The van der Waals surface area contributed by atoms with Crippen molar-refractivity contribution in [1.82, 2.24) is 9.44 Å². The molecular formula is C34H68N2O2S5. The van der Waals surface area contributed by atoms with Crippen molar-refractivity contribution >= 4 is 63.3 Å². The first kappa shape index (κ1) is 43.7. The Bertz CT molecular complexity index is 539. The van der Waals surface area contributed by atoms with E-state index in [4.69, 9.17) is 0 Å². The molecule has 0 rings (SSSR count). The van der Waals surface area contributed by atoms with Gasteiger partial charge in [-0.1, -0.05) is 181 Å². The molecule has 0 aromatic rings. The Hall–Kier alpha value is 0.690. The van der Waals surface area contributed by atoms with Gasteiger partial charge in [0.15, 0.2) is 0 Å². The van der Waals surface area contributed by atoms with Crippen molar-refractivity contribution in [3.63, 3.8) is 0 Å². The largest absolute Gasteiger partial charge is 0.290 e. The van der Waals surface area contributed by atoms with Crippen LogP contribution in [0.5, 0.6) is 0 Å². The topological polar surface area (TPSA) is 58.2 Å². The maximum Gasteiger partial charge on any atom is 0.230 e. The molecular weight excluding hydrogens is 629 g/mol. The third-order valence-electron chi connectivity index (χ3n) is 7.95. The standard InChI is InChI=1S/C34H68N2O2S5/c1-3-5-7-9-11-13-15-17-19-21-23-25-27-29-31-33(37)35-39-41-43-42-40-36-34(38)32-30-28-26-24-22-20-18-16-14-12-10-8-6-4-2/h3-32H2,1-2H3,(H,35,37)(H,36,38). The van der Waals surface area contributed by atoms with Gasteiger partial charge in [-0.25, -0.2) is 0 Å². The summed E-state index contributed by atoms with van der Waals surface area (Å²) >= 11 is 0. The predicted molar refractivity (Wildman–Crippen MR) is 204 cm³/mol. The van der Waals surface area contributed by atoms with Crippen LogP contribution in [0.1, 0.15) is 206 Å². The van der Waals surface area contributed by atoms with Crippen molar-refractivity contribution in [3.05, 3.63) is 0 Å². The highest BCUT2D eigenvalue weighted by Gasteiger charge is 2.04. The first-order valence-electron chi connectivity index (χ1n) is 18.1. The highest BCUT2D eigenvalue weighted by molar-refractivity contribution is 9.35. The van der Waals surface area contributed by atoms with Gasteiger partial charge in [0.1, 0.15) is 0 Å². The Labute approximate surface area is 287 Å². The lowest BCUT2D eigenvalue weighted by Crippen LogP contribution is -2.13. The molecule has 0 radical (unpaired) electrons. The number of amides is 2. The van der Waals surface area contributed by atoms with Crippen LogP contribution < -0.4 is 9.44 Å². The zero-order chi connectivity index (χ0) is 31.3. The molecule has 0 aliphatic heterocycles. The second-order valence-corrected chi connectivity index (χ2v) is 19.2. The van der Waals surface area contributed by atoms with E-state index in [2.05, 4.69) is 23.3 Å². The van der Waals surface area contributed by atoms with Gasteiger partial charge in [-0.3, -0.25) is 19.0 Å². The van der Waals surface area contributed by atoms with Gasteiger partial charge in [0.2, 0.25) is 11.8 Å². The van der Waals surface area contributed by atoms with Crippen LogP contribution in [0.4, 0.5) is 0 Å². The second-order valence-electron chi connectivity index (χ2n) is 12.1. The van der Waals surface area contributed by atoms with Crippen molar-refractivity contribution in [1.29, 1.82) is 0 Å². The number of rotatable bonds is 36. The van der Waals surface area contributed by atoms with Crippen molar-refractivity contribution in [2.75, 3.05) is 0 Å². The minimum atomic E-state index is 0.121. The smallest absolute Gasteiger partial charge is 0.230 e. The van der Waals surface area contributed by atoms with Crippen LogP contribution in [0.15, 0.2) is 0 Å². The third-order valence-corrected chi connectivity index (χ3v) is 15.3. The average Bonchev–Trinajstić information content (AvgIpc) is 3.01. The van der Waals surface area contributed by atoms with Gasteiger partial charge in [0, 0.05) is 64.3 Å². The Morgan fingerprint density at radius 3 is 0.837 bits per heavy atom. The Kier molecular flexibility index (Phi) is 39.5. The summed E-state index contributed by atoms with van der Waals surface area (Å²) in [4.78, 5) is 24.0. The monoisotopic (exact) mass is 696 g/mol. The van der Waals surface area contributed by atoms with E-state index in [0.717, 1.165) is 25.7 Å². The summed E-state index contributed by atoms with van der Waals surface area (Å²) in [5.41, 5.74) is 0. The molecule has 43 heavy (non-hydrogen) atoms. The second kappa shape index (κ2) is 38.9. The van der Waals surface area contributed by atoms with Gasteiger partial charge in [0.25, 0.3) is 0 Å². The Morgan fingerprint density at radius 2 is 0.581 bits per heavy atom. The molecule has 0 aromatic heterocycles. The molecule has 0 bridgehead atoms. The maximum absolute atomic E-state index is 12.0. The summed E-state index contributed by atoms with van der Waals surface area (Å²) in [6.45, 7) is 4.56. The lowest BCUT2D eigenvalue weighted by Gasteiger charge is -2.05. The van der Waals surface area contributed by atoms with Crippen LogP contribution in [0.3, 0.4) is 0 Å². The zero-order valence-corrected chi connectivity index (χ0v) is 32.2. The van der Waals surface area contributed by atoms with Crippen molar-refractivity contribution < 1.29 is 9.59 Å². The summed E-state index contributed by atoms with van der Waals surface area (Å²) in [6, 6.07) is 0. The van der Waals surface area contributed by atoms with E-state index in [9.17, 15) is 9.59 Å². The summed E-state index contributed by atoms with van der Waals surface area (Å²) < 4.78 is 5.82. The van der Waals surface area contributed by atoms with E-state index < -0.39 is 0 Å². The minimum absolute atomic E-state index is 0.121. The molecule has 0 spiro atoms. The molecule has 9 heteroatoms. The number of nitrogens with one attached hydrogen (secondary N) is 2. The molecule has 0 aliphatic rings. The summed E-state index contributed by atoms with van der Waals surface area (Å²) in [5.74, 6) is 0.243. The molecule has 0 fully saturated rings. The fourth-order valence-corrected chi connectivity index (χ4v) is 12.0. The molecule has 2 N–H and O–H groups in total. The fourth-order valence-electron chi connectivity index (χ4n) is 5.23. The quantitative estimate of drug-likeness (QED) is 0.0384. The fraction of sp³-hybridized carbons (Fsp3) is 0.941. The highest BCUT2D eigenvalue weighted by atomic mass is 33.8. The molecule has 4 nitrogen and oxygen atoms in total. The third kappa shape index (κ3) is 38.8. The number of carbonyl (C=O) groups excluding carboxylic acids is 2. The maximum atomic E-state index is 12.0. The van der Waals surface area contributed by atoms with Crippen LogP contribution >= 0.6 is 51.4 Å². The Balaban J connectivity index is 3.25. The zero-order valence-electron chi connectivity index (χ0n) is 28.1. The SMILES string of the molecule is CCCCCCCCCCCCCCCCC(=O)NSSSSSNC(=O)CCCCCCCCCCCCCCCC. The Morgan fingerprint density at radius 1 is 0.349 bits per heavy atom. The molecule has 0 saturated heterocycles. The van der Waals surface area contributed by atoms with Crippen LogP contribution in [0.25, 0.3) is 0 Å². The molecule has 0 unspecified atom stereocenters. The van der Waals surface area contributed by atoms with E-state index in [1.54, 1.807) is 9.83 Å². The number of unbranched alkanes of at least 4 members (excludes halogenated alkanes) is 26. The van der Waals surface area contributed by atoms with Crippen LogP contribution in [0, 0.1) is 0 Å². The van der Waals surface area contributed by atoms with Gasteiger partial charge in [-0.05, 0) is 12.8 Å². The van der Waals surface area contributed by atoms with Crippen molar-refractivity contribution in [2.24, 2.45) is 0 Å². The first-order valence-corrected chi connectivity index (χ1v) is 24.3. The average molecular weight is 697 g/mol. The van der Waals surface area contributed by atoms with Gasteiger partial charge in [-0.2, -0.15) is 0 Å². The lowest BCUT2D eigenvalue weighted by atomic mass is 10.0. The highest BCUT2D eigenvalue weighted by Crippen LogP contribution is 2.46. The van der Waals surface area contributed by atoms with E-state index in [0.29, 0.717) is 12.8 Å². The number of carbonyl (C=O) groups is 2. The predicted octanol–water partition coefficient (Wildman–Crippen LogP) is 14.1. The van der Waals surface area contributed by atoms with Crippen LogP contribution in [-0.2, 0) is 9.59 Å². The molecule has 0 aliphatic carbocycles. The van der Waals surface area contributed by atoms with Gasteiger partial charge in [0.05, 0.1) is 0 Å². The van der Waals surface area contributed by atoms with E-state index in [1.165, 1.54) is 196 Å². The van der Waals surface area contributed by atoms with Crippen LogP contribution in [-0.4, -0.2) is 11.8 Å². The van der Waals surface area contributed by atoms with Crippen molar-refractivity contribution in [3.8, 4) is 0 Å². The summed E-state index contributed by atoms with van der Waals surface area (Å²) in [5, 5.41) is 0. The molecule has 2 amide bonds. The van der Waals surface area contributed by atoms with Crippen LogP contribution in [0.2, 0.25) is 0 Å². The van der Waals surface area contributed by atoms with Gasteiger partial charge < -0.3 is 0 Å². The molecule has 0 saturated carbocycles. The molecule has 0 heterocycles. The molecule has 0 aromatic carbocycles. The number of hydrogen-bond donors (Lipinski definition) is 2. The minimum Gasteiger partial charge on any atom is -0.290 e. The summed E-state index contributed by atoms with van der Waals surface area (Å²) in [6.07, 6.45) is 38.5. The number of hydrogen-bond acceptors (Lipinski definition) is 7.